The largest absolute Gasteiger partial charge is 0.481 e. The molecule has 1 unspecified atom stereocenters. The van der Waals surface area contributed by atoms with Gasteiger partial charge in [-0.1, -0.05) is 6.92 Å². The molecule has 2 heterocycles. The SMILES string of the molecule is CCCNC(Cc1cc(OC)ncn1)c1ccc(Br)o1. The molecule has 0 aliphatic carbocycles. The summed E-state index contributed by atoms with van der Waals surface area (Å²) in [4.78, 5) is 8.30. The summed E-state index contributed by atoms with van der Waals surface area (Å²) >= 11 is 3.34. The van der Waals surface area contributed by atoms with E-state index in [1.165, 1.54) is 6.33 Å². The summed E-state index contributed by atoms with van der Waals surface area (Å²) in [6, 6.07) is 5.80. The van der Waals surface area contributed by atoms with E-state index in [9.17, 15) is 0 Å². The van der Waals surface area contributed by atoms with Crippen LogP contribution in [0.4, 0.5) is 0 Å². The molecule has 108 valence electrons. The third kappa shape index (κ3) is 4.05. The number of nitrogens with zero attached hydrogens (tertiary/aromatic N) is 2. The highest BCUT2D eigenvalue weighted by molar-refractivity contribution is 9.10. The number of furan rings is 1. The minimum atomic E-state index is 0.0841. The molecule has 0 amide bonds. The average molecular weight is 340 g/mol. The molecule has 1 atom stereocenters. The molecule has 2 aromatic rings. The summed E-state index contributed by atoms with van der Waals surface area (Å²) in [5.74, 6) is 1.47. The lowest BCUT2D eigenvalue weighted by Gasteiger charge is -2.16. The molecule has 0 saturated carbocycles. The Labute approximate surface area is 126 Å². The predicted octanol–water partition coefficient (Wildman–Crippen LogP) is 3.12. The number of hydrogen-bond donors (Lipinski definition) is 1. The zero-order chi connectivity index (χ0) is 14.4. The number of aromatic nitrogens is 2. The lowest BCUT2D eigenvalue weighted by molar-refractivity contribution is 0.388. The van der Waals surface area contributed by atoms with Crippen LogP contribution in [0.15, 0.2) is 33.6 Å². The zero-order valence-electron chi connectivity index (χ0n) is 11.6. The smallest absolute Gasteiger partial charge is 0.216 e. The van der Waals surface area contributed by atoms with Crippen molar-refractivity contribution in [3.8, 4) is 5.88 Å². The topological polar surface area (TPSA) is 60.2 Å². The molecule has 20 heavy (non-hydrogen) atoms. The van der Waals surface area contributed by atoms with E-state index in [1.54, 1.807) is 7.11 Å². The number of hydrogen-bond acceptors (Lipinski definition) is 5. The highest BCUT2D eigenvalue weighted by Gasteiger charge is 2.16. The quantitative estimate of drug-likeness (QED) is 0.839. The van der Waals surface area contributed by atoms with E-state index in [0.29, 0.717) is 5.88 Å². The highest BCUT2D eigenvalue weighted by Crippen LogP contribution is 2.23. The van der Waals surface area contributed by atoms with Crippen LogP contribution in [0.1, 0.15) is 30.8 Å². The van der Waals surface area contributed by atoms with Gasteiger partial charge in [0.05, 0.1) is 13.2 Å². The van der Waals surface area contributed by atoms with Crippen LogP contribution in [0, 0.1) is 0 Å². The van der Waals surface area contributed by atoms with Crippen LogP contribution in [-0.2, 0) is 6.42 Å². The van der Waals surface area contributed by atoms with Crippen LogP contribution < -0.4 is 10.1 Å². The number of methoxy groups -OCH3 is 1. The van der Waals surface area contributed by atoms with E-state index >= 15 is 0 Å². The van der Waals surface area contributed by atoms with Crippen molar-refractivity contribution in [3.05, 3.63) is 40.7 Å². The third-order valence-electron chi connectivity index (χ3n) is 2.90. The Hall–Kier alpha value is -1.40. The Bertz CT molecular complexity index is 545. The zero-order valence-corrected chi connectivity index (χ0v) is 13.2. The summed E-state index contributed by atoms with van der Waals surface area (Å²) < 4.78 is 11.5. The minimum Gasteiger partial charge on any atom is -0.481 e. The van der Waals surface area contributed by atoms with Crippen molar-refractivity contribution in [2.75, 3.05) is 13.7 Å². The van der Waals surface area contributed by atoms with Crippen LogP contribution in [0.2, 0.25) is 0 Å². The number of nitrogens with one attached hydrogen (secondary N) is 1. The molecule has 0 aliphatic rings. The molecule has 1 N–H and O–H groups in total. The van der Waals surface area contributed by atoms with Crippen molar-refractivity contribution < 1.29 is 9.15 Å². The minimum absolute atomic E-state index is 0.0841. The number of halogens is 1. The molecule has 5 nitrogen and oxygen atoms in total. The van der Waals surface area contributed by atoms with E-state index in [2.05, 4.69) is 38.1 Å². The molecule has 0 aromatic carbocycles. The maximum atomic E-state index is 5.65. The molecule has 0 aliphatic heterocycles. The summed E-state index contributed by atoms with van der Waals surface area (Å²) in [7, 11) is 1.60. The van der Waals surface area contributed by atoms with Gasteiger partial charge in [0, 0.05) is 18.2 Å². The van der Waals surface area contributed by atoms with Crippen molar-refractivity contribution in [1.29, 1.82) is 0 Å². The Kier molecular flexibility index (Phi) is 5.55. The van der Waals surface area contributed by atoms with Crippen LogP contribution in [-0.4, -0.2) is 23.6 Å². The fourth-order valence-corrected chi connectivity index (χ4v) is 2.24. The van der Waals surface area contributed by atoms with Crippen LogP contribution in [0.5, 0.6) is 5.88 Å². The van der Waals surface area contributed by atoms with Crippen molar-refractivity contribution in [2.24, 2.45) is 0 Å². The van der Waals surface area contributed by atoms with Crippen molar-refractivity contribution in [3.63, 3.8) is 0 Å². The lowest BCUT2D eigenvalue weighted by atomic mass is 10.1. The van der Waals surface area contributed by atoms with Crippen molar-refractivity contribution in [1.82, 2.24) is 15.3 Å². The second-order valence-electron chi connectivity index (χ2n) is 4.40. The Morgan fingerprint density at radius 2 is 2.25 bits per heavy atom. The third-order valence-corrected chi connectivity index (χ3v) is 3.33. The predicted molar refractivity (Wildman–Crippen MR) is 79.7 cm³/mol. The fraction of sp³-hybridized carbons (Fsp3) is 0.429. The van der Waals surface area contributed by atoms with Gasteiger partial charge in [0.1, 0.15) is 12.1 Å². The first-order valence-electron chi connectivity index (χ1n) is 6.56. The Morgan fingerprint density at radius 1 is 1.40 bits per heavy atom. The molecule has 2 aromatic heterocycles. The highest BCUT2D eigenvalue weighted by atomic mass is 79.9. The monoisotopic (exact) mass is 339 g/mol. The molecule has 0 radical (unpaired) electrons. The van der Waals surface area contributed by atoms with Crippen molar-refractivity contribution in [2.45, 2.75) is 25.8 Å². The normalized spacial score (nSPS) is 12.3. The Morgan fingerprint density at radius 3 is 2.90 bits per heavy atom. The van der Waals surface area contributed by atoms with Gasteiger partial charge >= 0.3 is 0 Å². The van der Waals surface area contributed by atoms with Gasteiger partial charge < -0.3 is 14.5 Å². The molecule has 0 spiro atoms. The van der Waals surface area contributed by atoms with Gasteiger partial charge in [-0.25, -0.2) is 9.97 Å². The van der Waals surface area contributed by atoms with Crippen LogP contribution >= 0.6 is 15.9 Å². The summed E-state index contributed by atoms with van der Waals surface area (Å²) in [5, 5.41) is 3.47. The van der Waals surface area contributed by atoms with Crippen molar-refractivity contribution >= 4 is 15.9 Å². The van der Waals surface area contributed by atoms with Crippen LogP contribution in [0.3, 0.4) is 0 Å². The standard InChI is InChI=1S/C14H18BrN3O2/c1-3-6-16-11(12-4-5-13(15)20-12)7-10-8-14(19-2)18-9-17-10/h4-5,8-9,11,16H,3,6-7H2,1-2H3. The molecule has 0 bridgehead atoms. The van der Waals surface area contributed by atoms with E-state index in [4.69, 9.17) is 9.15 Å². The number of ether oxygens (including phenoxy) is 1. The number of rotatable bonds is 7. The average Bonchev–Trinajstić information content (AvgIpc) is 2.90. The van der Waals surface area contributed by atoms with Gasteiger partial charge in [0.15, 0.2) is 4.67 Å². The first kappa shape index (κ1) is 15.0. The second-order valence-corrected chi connectivity index (χ2v) is 5.19. The van der Waals surface area contributed by atoms with E-state index in [1.807, 2.05) is 18.2 Å². The molecule has 2 rings (SSSR count). The fourth-order valence-electron chi connectivity index (χ4n) is 1.92. The van der Waals surface area contributed by atoms with Gasteiger partial charge in [0.25, 0.3) is 0 Å². The molecule has 0 saturated heterocycles. The van der Waals surface area contributed by atoms with E-state index < -0.39 is 0 Å². The van der Waals surface area contributed by atoms with Crippen LogP contribution in [0.25, 0.3) is 0 Å². The van der Waals surface area contributed by atoms with E-state index in [-0.39, 0.29) is 6.04 Å². The maximum absolute atomic E-state index is 5.65. The van der Waals surface area contributed by atoms with Gasteiger partial charge in [0.2, 0.25) is 5.88 Å². The first-order chi connectivity index (χ1) is 9.72. The molecule has 6 heteroatoms. The van der Waals surface area contributed by atoms with E-state index in [0.717, 1.165) is 35.5 Å². The Balaban J connectivity index is 2.14. The molecular formula is C14H18BrN3O2. The van der Waals surface area contributed by atoms with Gasteiger partial charge in [-0.05, 0) is 41.0 Å². The van der Waals surface area contributed by atoms with Gasteiger partial charge in [-0.3, -0.25) is 0 Å². The summed E-state index contributed by atoms with van der Waals surface area (Å²) in [6.45, 7) is 3.06. The molecule has 0 fully saturated rings. The summed E-state index contributed by atoms with van der Waals surface area (Å²) in [6.07, 6.45) is 3.30. The second kappa shape index (κ2) is 7.40. The lowest BCUT2D eigenvalue weighted by Crippen LogP contribution is -2.24. The molecular weight excluding hydrogens is 322 g/mol. The van der Waals surface area contributed by atoms with Gasteiger partial charge in [-0.15, -0.1) is 0 Å². The first-order valence-corrected chi connectivity index (χ1v) is 7.35. The van der Waals surface area contributed by atoms with Gasteiger partial charge in [-0.2, -0.15) is 0 Å². The summed E-state index contributed by atoms with van der Waals surface area (Å²) in [5.41, 5.74) is 0.915. The maximum Gasteiger partial charge on any atom is 0.216 e.